The highest BCUT2D eigenvalue weighted by Gasteiger charge is 2.22. The Labute approximate surface area is 87.6 Å². The summed E-state index contributed by atoms with van der Waals surface area (Å²) in [6, 6.07) is 0.566. The molecule has 1 rings (SSSR count). The van der Waals surface area contributed by atoms with E-state index in [4.69, 9.17) is 10.5 Å². The summed E-state index contributed by atoms with van der Waals surface area (Å²) in [7, 11) is 0. The van der Waals surface area contributed by atoms with E-state index in [0.29, 0.717) is 18.1 Å². The van der Waals surface area contributed by atoms with Gasteiger partial charge in [-0.2, -0.15) is 0 Å². The molecule has 3 unspecified atom stereocenters. The SMILES string of the molecule is CC(CN)CCN1CC(C)OCC1C. The van der Waals surface area contributed by atoms with Crippen LogP contribution in [0.4, 0.5) is 0 Å². The van der Waals surface area contributed by atoms with E-state index in [-0.39, 0.29) is 0 Å². The molecule has 1 saturated heterocycles. The van der Waals surface area contributed by atoms with Crippen molar-refractivity contribution in [3.8, 4) is 0 Å². The summed E-state index contributed by atoms with van der Waals surface area (Å²) in [6.07, 6.45) is 1.59. The smallest absolute Gasteiger partial charge is 0.0674 e. The highest BCUT2D eigenvalue weighted by molar-refractivity contribution is 4.75. The second kappa shape index (κ2) is 5.69. The predicted octanol–water partition coefficient (Wildman–Crippen LogP) is 1.08. The van der Waals surface area contributed by atoms with Gasteiger partial charge in [0.15, 0.2) is 0 Å². The van der Waals surface area contributed by atoms with Crippen LogP contribution in [0.1, 0.15) is 27.2 Å². The summed E-state index contributed by atoms with van der Waals surface area (Å²) in [5.74, 6) is 0.639. The van der Waals surface area contributed by atoms with Crippen molar-refractivity contribution in [3.05, 3.63) is 0 Å². The van der Waals surface area contributed by atoms with Gasteiger partial charge in [-0.1, -0.05) is 6.92 Å². The lowest BCUT2D eigenvalue weighted by Crippen LogP contribution is -2.47. The van der Waals surface area contributed by atoms with Gasteiger partial charge in [0.25, 0.3) is 0 Å². The summed E-state index contributed by atoms with van der Waals surface area (Å²) < 4.78 is 5.59. The summed E-state index contributed by atoms with van der Waals surface area (Å²) in [5, 5.41) is 0. The van der Waals surface area contributed by atoms with Crippen LogP contribution < -0.4 is 5.73 Å². The van der Waals surface area contributed by atoms with Crippen molar-refractivity contribution in [3.63, 3.8) is 0 Å². The van der Waals surface area contributed by atoms with E-state index in [2.05, 4.69) is 25.7 Å². The van der Waals surface area contributed by atoms with E-state index < -0.39 is 0 Å². The topological polar surface area (TPSA) is 38.5 Å². The first-order chi connectivity index (χ1) is 6.63. The molecule has 0 bridgehead atoms. The van der Waals surface area contributed by atoms with E-state index >= 15 is 0 Å². The van der Waals surface area contributed by atoms with Gasteiger partial charge >= 0.3 is 0 Å². The zero-order valence-corrected chi connectivity index (χ0v) is 9.70. The van der Waals surface area contributed by atoms with Gasteiger partial charge in [-0.05, 0) is 39.3 Å². The third kappa shape index (κ3) is 3.56. The Hall–Kier alpha value is -0.120. The van der Waals surface area contributed by atoms with Crippen LogP contribution in [0, 0.1) is 5.92 Å². The zero-order valence-electron chi connectivity index (χ0n) is 9.70. The first-order valence-corrected chi connectivity index (χ1v) is 5.69. The maximum Gasteiger partial charge on any atom is 0.0674 e. The molecular weight excluding hydrogens is 176 g/mol. The third-order valence-electron chi connectivity index (χ3n) is 3.05. The summed E-state index contributed by atoms with van der Waals surface area (Å²) >= 11 is 0. The van der Waals surface area contributed by atoms with Gasteiger partial charge < -0.3 is 10.5 Å². The van der Waals surface area contributed by atoms with Crippen LogP contribution >= 0.6 is 0 Å². The van der Waals surface area contributed by atoms with Gasteiger partial charge in [-0.3, -0.25) is 4.90 Å². The number of nitrogens with zero attached hydrogens (tertiary/aromatic N) is 1. The summed E-state index contributed by atoms with van der Waals surface area (Å²) in [4.78, 5) is 2.51. The average molecular weight is 200 g/mol. The van der Waals surface area contributed by atoms with Gasteiger partial charge in [0, 0.05) is 12.6 Å². The molecule has 84 valence electrons. The summed E-state index contributed by atoms with van der Waals surface area (Å²) in [6.45, 7) is 10.5. The van der Waals surface area contributed by atoms with Crippen molar-refractivity contribution in [1.82, 2.24) is 4.90 Å². The van der Waals surface area contributed by atoms with Gasteiger partial charge in [0.2, 0.25) is 0 Å². The van der Waals surface area contributed by atoms with Crippen LogP contribution in [0.3, 0.4) is 0 Å². The van der Waals surface area contributed by atoms with Gasteiger partial charge in [0.1, 0.15) is 0 Å². The van der Waals surface area contributed by atoms with Crippen molar-refractivity contribution < 1.29 is 4.74 Å². The number of hydrogen-bond acceptors (Lipinski definition) is 3. The molecular formula is C11H24N2O. The molecule has 0 saturated carbocycles. The van der Waals surface area contributed by atoms with Gasteiger partial charge in [-0.15, -0.1) is 0 Å². The second-order valence-corrected chi connectivity index (χ2v) is 4.62. The van der Waals surface area contributed by atoms with Crippen LogP contribution in [-0.4, -0.2) is 43.3 Å². The first kappa shape index (κ1) is 12.0. The lowest BCUT2D eigenvalue weighted by atomic mass is 10.1. The molecule has 0 aromatic rings. The van der Waals surface area contributed by atoms with Crippen LogP contribution in [0.15, 0.2) is 0 Å². The van der Waals surface area contributed by atoms with Crippen LogP contribution in [0.25, 0.3) is 0 Å². The number of morpholine rings is 1. The Balaban J connectivity index is 2.27. The van der Waals surface area contributed by atoms with Crippen LogP contribution in [-0.2, 0) is 4.74 Å². The Morgan fingerprint density at radius 1 is 1.50 bits per heavy atom. The normalized spacial score (nSPS) is 31.7. The molecule has 14 heavy (non-hydrogen) atoms. The maximum absolute atomic E-state index is 5.61. The molecule has 3 atom stereocenters. The van der Waals surface area contributed by atoms with Crippen LogP contribution in [0.2, 0.25) is 0 Å². The Bertz CT molecular complexity index is 163. The lowest BCUT2D eigenvalue weighted by Gasteiger charge is -2.37. The second-order valence-electron chi connectivity index (χ2n) is 4.62. The average Bonchev–Trinajstić information content (AvgIpc) is 2.19. The van der Waals surface area contributed by atoms with Crippen molar-refractivity contribution in [2.45, 2.75) is 39.3 Å². The van der Waals surface area contributed by atoms with Crippen molar-refractivity contribution in [2.75, 3.05) is 26.2 Å². The predicted molar refractivity (Wildman–Crippen MR) is 59.3 cm³/mol. The molecule has 0 aliphatic carbocycles. The first-order valence-electron chi connectivity index (χ1n) is 5.69. The molecule has 2 N–H and O–H groups in total. The maximum atomic E-state index is 5.61. The number of nitrogens with two attached hydrogens (primary N) is 1. The van der Waals surface area contributed by atoms with E-state index in [1.165, 1.54) is 6.42 Å². The molecule has 0 aromatic carbocycles. The minimum atomic E-state index is 0.388. The molecule has 1 aliphatic rings. The molecule has 3 nitrogen and oxygen atoms in total. The fourth-order valence-corrected chi connectivity index (χ4v) is 1.79. The van der Waals surface area contributed by atoms with Crippen molar-refractivity contribution >= 4 is 0 Å². The molecule has 0 aromatic heterocycles. The van der Waals surface area contributed by atoms with Gasteiger partial charge in [0.05, 0.1) is 12.7 Å². The summed E-state index contributed by atoms with van der Waals surface area (Å²) in [5.41, 5.74) is 5.61. The number of hydrogen-bond donors (Lipinski definition) is 1. The fourth-order valence-electron chi connectivity index (χ4n) is 1.79. The highest BCUT2D eigenvalue weighted by Crippen LogP contribution is 2.13. The van der Waals surface area contributed by atoms with Crippen LogP contribution in [0.5, 0.6) is 0 Å². The van der Waals surface area contributed by atoms with Gasteiger partial charge in [-0.25, -0.2) is 0 Å². The molecule has 0 spiro atoms. The van der Waals surface area contributed by atoms with E-state index in [1.54, 1.807) is 0 Å². The van der Waals surface area contributed by atoms with E-state index in [1.807, 2.05) is 0 Å². The fraction of sp³-hybridized carbons (Fsp3) is 1.00. The number of ether oxygens (including phenoxy) is 1. The van der Waals surface area contributed by atoms with Crippen molar-refractivity contribution in [1.29, 1.82) is 0 Å². The molecule has 0 amide bonds. The monoisotopic (exact) mass is 200 g/mol. The lowest BCUT2D eigenvalue weighted by molar-refractivity contribution is -0.0504. The molecule has 1 aliphatic heterocycles. The van der Waals surface area contributed by atoms with E-state index in [9.17, 15) is 0 Å². The van der Waals surface area contributed by atoms with E-state index in [0.717, 1.165) is 26.2 Å². The molecule has 0 radical (unpaired) electrons. The minimum Gasteiger partial charge on any atom is -0.376 e. The molecule has 1 heterocycles. The standard InChI is InChI=1S/C11H24N2O/c1-9(6-12)4-5-13-7-11(3)14-8-10(13)2/h9-11H,4-8,12H2,1-3H3. The molecule has 3 heteroatoms. The number of rotatable bonds is 4. The Morgan fingerprint density at radius 3 is 2.86 bits per heavy atom. The quantitative estimate of drug-likeness (QED) is 0.738. The largest absolute Gasteiger partial charge is 0.376 e. The molecule has 1 fully saturated rings. The zero-order chi connectivity index (χ0) is 10.6. The third-order valence-corrected chi connectivity index (χ3v) is 3.05. The Kier molecular flexibility index (Phi) is 4.85. The minimum absolute atomic E-state index is 0.388. The Morgan fingerprint density at radius 2 is 2.21 bits per heavy atom. The highest BCUT2D eigenvalue weighted by atomic mass is 16.5. The van der Waals surface area contributed by atoms with Crippen molar-refractivity contribution in [2.24, 2.45) is 11.7 Å².